The average molecular weight is 340 g/mol. The van der Waals surface area contributed by atoms with Crippen molar-refractivity contribution in [3.63, 3.8) is 0 Å². The summed E-state index contributed by atoms with van der Waals surface area (Å²) < 4.78 is 5.51. The smallest absolute Gasteiger partial charge is 0.258 e. The monoisotopic (exact) mass is 340 g/mol. The molecular weight excluding hydrogens is 312 g/mol. The highest BCUT2D eigenvalue weighted by Crippen LogP contribution is 2.12. The van der Waals surface area contributed by atoms with Gasteiger partial charge in [-0.1, -0.05) is 50.2 Å². The lowest BCUT2D eigenvalue weighted by Gasteiger charge is -2.18. The first-order chi connectivity index (χ1) is 12.1. The third kappa shape index (κ3) is 6.59. The van der Waals surface area contributed by atoms with Gasteiger partial charge < -0.3 is 10.1 Å². The van der Waals surface area contributed by atoms with E-state index in [1.54, 1.807) is 0 Å². The van der Waals surface area contributed by atoms with E-state index < -0.39 is 0 Å². The minimum Gasteiger partial charge on any atom is -0.484 e. The summed E-state index contributed by atoms with van der Waals surface area (Å²) in [5.41, 5.74) is 3.50. The predicted octanol–water partition coefficient (Wildman–Crippen LogP) is 3.53. The maximum atomic E-state index is 11.9. The lowest BCUT2D eigenvalue weighted by atomic mass is 10.1. The second kappa shape index (κ2) is 9.84. The first kappa shape index (κ1) is 19.0. The molecule has 0 atom stereocenters. The van der Waals surface area contributed by atoms with Gasteiger partial charge in [-0.25, -0.2) is 0 Å². The van der Waals surface area contributed by atoms with Crippen LogP contribution in [0.3, 0.4) is 0 Å². The molecule has 2 aromatic rings. The van der Waals surface area contributed by atoms with Gasteiger partial charge in [-0.2, -0.15) is 0 Å². The van der Waals surface area contributed by atoms with Crippen molar-refractivity contribution in [1.29, 1.82) is 0 Å². The van der Waals surface area contributed by atoms with E-state index in [4.69, 9.17) is 4.74 Å². The quantitative estimate of drug-likeness (QED) is 0.759. The van der Waals surface area contributed by atoms with E-state index in [-0.39, 0.29) is 12.5 Å². The molecule has 0 aliphatic carbocycles. The summed E-state index contributed by atoms with van der Waals surface area (Å²) in [4.78, 5) is 14.3. The second-order valence-electron chi connectivity index (χ2n) is 6.16. The van der Waals surface area contributed by atoms with Crippen LogP contribution < -0.4 is 10.1 Å². The van der Waals surface area contributed by atoms with Gasteiger partial charge in [-0.3, -0.25) is 9.69 Å². The molecule has 0 saturated carbocycles. The Labute approximate surface area is 150 Å². The molecule has 0 bridgehead atoms. The molecule has 0 spiro atoms. The number of carbonyl (C=O) groups is 1. The summed E-state index contributed by atoms with van der Waals surface area (Å²) in [6, 6.07) is 16.1. The number of amides is 1. The largest absolute Gasteiger partial charge is 0.484 e. The van der Waals surface area contributed by atoms with Crippen molar-refractivity contribution in [2.45, 2.75) is 33.9 Å². The molecule has 1 N–H and O–H groups in total. The third-order valence-corrected chi connectivity index (χ3v) is 4.17. The van der Waals surface area contributed by atoms with E-state index in [1.807, 2.05) is 31.2 Å². The van der Waals surface area contributed by atoms with Crippen molar-refractivity contribution in [3.05, 3.63) is 65.2 Å². The van der Waals surface area contributed by atoms with Gasteiger partial charge in [-0.15, -0.1) is 0 Å². The number of hydrogen-bond acceptors (Lipinski definition) is 3. The molecule has 134 valence electrons. The molecule has 0 heterocycles. The van der Waals surface area contributed by atoms with E-state index in [2.05, 4.69) is 48.3 Å². The minimum absolute atomic E-state index is 0.0312. The summed E-state index contributed by atoms with van der Waals surface area (Å²) in [6.45, 7) is 9.95. The van der Waals surface area contributed by atoms with Crippen LogP contribution in [0.15, 0.2) is 48.5 Å². The Morgan fingerprint density at radius 3 is 2.36 bits per heavy atom. The van der Waals surface area contributed by atoms with Gasteiger partial charge in [0.1, 0.15) is 5.75 Å². The zero-order valence-corrected chi connectivity index (χ0v) is 15.4. The number of nitrogens with one attached hydrogen (secondary N) is 1. The molecule has 0 aliphatic rings. The number of rotatable bonds is 9. The summed E-state index contributed by atoms with van der Waals surface area (Å²) in [6.07, 6.45) is 0. The van der Waals surface area contributed by atoms with Crippen LogP contribution in [0.5, 0.6) is 5.75 Å². The zero-order chi connectivity index (χ0) is 18.1. The fraction of sp³-hybridized carbons (Fsp3) is 0.381. The molecule has 25 heavy (non-hydrogen) atoms. The summed E-state index contributed by atoms with van der Waals surface area (Å²) in [7, 11) is 0. The Balaban J connectivity index is 1.75. The van der Waals surface area contributed by atoms with Gasteiger partial charge in [0.05, 0.1) is 0 Å². The van der Waals surface area contributed by atoms with Crippen molar-refractivity contribution in [2.24, 2.45) is 0 Å². The molecule has 0 aromatic heterocycles. The van der Waals surface area contributed by atoms with Crippen molar-refractivity contribution in [3.8, 4) is 5.75 Å². The van der Waals surface area contributed by atoms with E-state index >= 15 is 0 Å². The van der Waals surface area contributed by atoms with Gasteiger partial charge in [-0.05, 0) is 48.8 Å². The van der Waals surface area contributed by atoms with Crippen molar-refractivity contribution in [1.82, 2.24) is 10.2 Å². The van der Waals surface area contributed by atoms with Crippen LogP contribution in [0.4, 0.5) is 0 Å². The Morgan fingerprint density at radius 2 is 1.72 bits per heavy atom. The van der Waals surface area contributed by atoms with Crippen LogP contribution in [-0.4, -0.2) is 30.5 Å². The molecule has 0 unspecified atom stereocenters. The molecule has 4 nitrogen and oxygen atoms in total. The molecule has 0 aliphatic heterocycles. The maximum absolute atomic E-state index is 11.9. The van der Waals surface area contributed by atoms with E-state index in [1.165, 1.54) is 5.56 Å². The van der Waals surface area contributed by atoms with Gasteiger partial charge >= 0.3 is 0 Å². The summed E-state index contributed by atoms with van der Waals surface area (Å²) in [5.74, 6) is 0.602. The number of hydrogen-bond donors (Lipinski definition) is 1. The molecule has 0 fully saturated rings. The van der Waals surface area contributed by atoms with Crippen LogP contribution in [0.25, 0.3) is 0 Å². The number of ether oxygens (including phenoxy) is 1. The number of benzene rings is 2. The van der Waals surface area contributed by atoms with Crippen LogP contribution >= 0.6 is 0 Å². The lowest BCUT2D eigenvalue weighted by Crippen LogP contribution is -2.28. The second-order valence-corrected chi connectivity index (χ2v) is 6.16. The molecular formula is C21H28N2O2. The Kier molecular flexibility index (Phi) is 7.48. The molecule has 2 rings (SSSR count). The first-order valence-corrected chi connectivity index (χ1v) is 8.87. The highest BCUT2D eigenvalue weighted by atomic mass is 16.5. The Morgan fingerprint density at radius 1 is 1.04 bits per heavy atom. The van der Waals surface area contributed by atoms with Gasteiger partial charge in [0, 0.05) is 13.1 Å². The SMILES string of the molecule is CCN(CC)Cc1ccc(CNC(=O)COc2cccc(C)c2)cc1. The van der Waals surface area contributed by atoms with Crippen molar-refractivity contribution in [2.75, 3.05) is 19.7 Å². The number of carbonyl (C=O) groups excluding carboxylic acids is 1. The van der Waals surface area contributed by atoms with Crippen LogP contribution in [0.1, 0.15) is 30.5 Å². The highest BCUT2D eigenvalue weighted by molar-refractivity contribution is 5.77. The number of nitrogens with zero attached hydrogens (tertiary/aromatic N) is 1. The van der Waals surface area contributed by atoms with E-state index in [0.29, 0.717) is 6.54 Å². The standard InChI is InChI=1S/C21H28N2O2/c1-4-23(5-2)15-19-11-9-18(10-12-19)14-22-21(24)16-25-20-8-6-7-17(3)13-20/h6-13H,4-5,14-16H2,1-3H3,(H,22,24). The van der Waals surface area contributed by atoms with Gasteiger partial charge in [0.15, 0.2) is 6.61 Å². The molecule has 2 aromatic carbocycles. The van der Waals surface area contributed by atoms with Crippen LogP contribution in [-0.2, 0) is 17.9 Å². The summed E-state index contributed by atoms with van der Waals surface area (Å²) in [5, 5.41) is 2.89. The fourth-order valence-corrected chi connectivity index (χ4v) is 2.57. The van der Waals surface area contributed by atoms with Gasteiger partial charge in [0.25, 0.3) is 5.91 Å². The Hall–Kier alpha value is -2.33. The average Bonchev–Trinajstić information content (AvgIpc) is 2.63. The maximum Gasteiger partial charge on any atom is 0.258 e. The predicted molar refractivity (Wildman–Crippen MR) is 102 cm³/mol. The summed E-state index contributed by atoms with van der Waals surface area (Å²) >= 11 is 0. The first-order valence-electron chi connectivity index (χ1n) is 8.87. The minimum atomic E-state index is -0.117. The molecule has 4 heteroatoms. The van der Waals surface area contributed by atoms with E-state index in [0.717, 1.165) is 36.5 Å². The molecule has 0 saturated heterocycles. The van der Waals surface area contributed by atoms with Crippen molar-refractivity contribution >= 4 is 5.91 Å². The third-order valence-electron chi connectivity index (χ3n) is 4.17. The topological polar surface area (TPSA) is 41.6 Å². The molecule has 1 amide bonds. The van der Waals surface area contributed by atoms with Crippen LogP contribution in [0, 0.1) is 6.92 Å². The Bertz CT molecular complexity index is 664. The van der Waals surface area contributed by atoms with Crippen LogP contribution in [0.2, 0.25) is 0 Å². The normalized spacial score (nSPS) is 10.7. The lowest BCUT2D eigenvalue weighted by molar-refractivity contribution is -0.123. The van der Waals surface area contributed by atoms with E-state index in [9.17, 15) is 4.79 Å². The molecule has 0 radical (unpaired) electrons. The highest BCUT2D eigenvalue weighted by Gasteiger charge is 2.04. The number of aryl methyl sites for hydroxylation is 1. The van der Waals surface area contributed by atoms with Crippen molar-refractivity contribution < 1.29 is 9.53 Å². The fourth-order valence-electron chi connectivity index (χ4n) is 2.57. The zero-order valence-electron chi connectivity index (χ0n) is 15.4. The van der Waals surface area contributed by atoms with Gasteiger partial charge in [0.2, 0.25) is 0 Å².